The van der Waals surface area contributed by atoms with Crippen LogP contribution in [-0.2, 0) is 9.59 Å². The van der Waals surface area contributed by atoms with E-state index in [2.05, 4.69) is 17.6 Å². The summed E-state index contributed by atoms with van der Waals surface area (Å²) in [5, 5.41) is 5.73. The molecule has 1 aromatic carbocycles. The fourth-order valence-corrected chi connectivity index (χ4v) is 5.14. The van der Waals surface area contributed by atoms with Crippen LogP contribution in [0.3, 0.4) is 0 Å². The highest BCUT2D eigenvalue weighted by Crippen LogP contribution is 2.37. The number of likely N-dealkylation sites (tertiary alicyclic amines) is 1. The Balaban J connectivity index is 1.64. The number of rotatable bonds is 5. The standard InChI is InChI=1S/C22H26FN5O2S/c1-13-14(2)31-21-20(16-7-6-10-27(12-16)19(30)11-24-15(3)29)26-22(28(13)21)25-18-9-5-4-8-17(18)23/h4-5,8-9,16H,6-7,10-12H2,1-3H3,(H,24,29)(H,25,26). The maximum Gasteiger partial charge on any atom is 0.241 e. The Labute approximate surface area is 184 Å². The monoisotopic (exact) mass is 443 g/mol. The Morgan fingerprint density at radius 1 is 1.29 bits per heavy atom. The molecule has 3 aromatic rings. The van der Waals surface area contributed by atoms with Gasteiger partial charge >= 0.3 is 0 Å². The molecule has 1 unspecified atom stereocenters. The molecule has 1 aliphatic heterocycles. The molecule has 0 radical (unpaired) electrons. The lowest BCUT2D eigenvalue weighted by molar-refractivity contribution is -0.133. The van der Waals surface area contributed by atoms with Gasteiger partial charge in [0, 0.05) is 36.5 Å². The van der Waals surface area contributed by atoms with Gasteiger partial charge in [0.05, 0.1) is 17.9 Å². The van der Waals surface area contributed by atoms with E-state index in [1.54, 1.807) is 34.4 Å². The molecule has 0 aliphatic carbocycles. The van der Waals surface area contributed by atoms with E-state index in [0.717, 1.165) is 29.1 Å². The molecule has 2 N–H and O–H groups in total. The van der Waals surface area contributed by atoms with Gasteiger partial charge in [-0.25, -0.2) is 9.37 Å². The van der Waals surface area contributed by atoms with Gasteiger partial charge in [-0.2, -0.15) is 0 Å². The molecule has 2 amide bonds. The number of aromatic nitrogens is 2. The van der Waals surface area contributed by atoms with E-state index in [4.69, 9.17) is 4.98 Å². The number of piperidine rings is 1. The summed E-state index contributed by atoms with van der Waals surface area (Å²) in [5.41, 5.74) is 2.36. The first-order valence-electron chi connectivity index (χ1n) is 10.4. The zero-order valence-electron chi connectivity index (χ0n) is 17.9. The first kappa shape index (κ1) is 21.3. The van der Waals surface area contributed by atoms with Crippen LogP contribution in [-0.4, -0.2) is 45.7 Å². The average molecular weight is 444 g/mol. The van der Waals surface area contributed by atoms with Crippen LogP contribution in [0.1, 0.15) is 41.9 Å². The number of carbonyl (C=O) groups excluding carboxylic acids is 2. The van der Waals surface area contributed by atoms with E-state index in [0.29, 0.717) is 24.7 Å². The number of hydrogen-bond acceptors (Lipinski definition) is 5. The molecule has 1 aliphatic rings. The lowest BCUT2D eigenvalue weighted by Crippen LogP contribution is -2.44. The lowest BCUT2D eigenvalue weighted by atomic mass is 9.95. The Morgan fingerprint density at radius 2 is 2.06 bits per heavy atom. The van der Waals surface area contributed by atoms with E-state index >= 15 is 0 Å². The molecule has 2 aromatic heterocycles. The van der Waals surface area contributed by atoms with E-state index in [-0.39, 0.29) is 30.1 Å². The van der Waals surface area contributed by atoms with Crippen molar-refractivity contribution in [2.24, 2.45) is 0 Å². The molecule has 31 heavy (non-hydrogen) atoms. The van der Waals surface area contributed by atoms with E-state index in [9.17, 15) is 14.0 Å². The minimum Gasteiger partial charge on any atom is -0.347 e. The topological polar surface area (TPSA) is 78.7 Å². The molecule has 7 nitrogen and oxygen atoms in total. The maximum atomic E-state index is 14.2. The number of benzene rings is 1. The van der Waals surface area contributed by atoms with E-state index in [1.165, 1.54) is 17.9 Å². The number of carbonyl (C=O) groups is 2. The minimum atomic E-state index is -0.335. The van der Waals surface area contributed by atoms with Gasteiger partial charge in [0.25, 0.3) is 0 Å². The van der Waals surface area contributed by atoms with Crippen LogP contribution in [0.4, 0.5) is 16.0 Å². The second kappa shape index (κ2) is 8.66. The number of thiazole rings is 1. The number of aryl methyl sites for hydroxylation is 2. The van der Waals surface area contributed by atoms with Crippen LogP contribution in [0.25, 0.3) is 4.83 Å². The van der Waals surface area contributed by atoms with Crippen LogP contribution in [0.15, 0.2) is 24.3 Å². The fourth-order valence-electron chi connectivity index (χ4n) is 3.98. The second-order valence-electron chi connectivity index (χ2n) is 7.90. The van der Waals surface area contributed by atoms with Crippen LogP contribution in [0.2, 0.25) is 0 Å². The summed E-state index contributed by atoms with van der Waals surface area (Å²) in [6.45, 7) is 6.74. The maximum absolute atomic E-state index is 14.2. The van der Waals surface area contributed by atoms with Crippen molar-refractivity contribution in [3.8, 4) is 0 Å². The molecular weight excluding hydrogens is 417 g/mol. The largest absolute Gasteiger partial charge is 0.347 e. The number of imidazole rings is 1. The molecule has 164 valence electrons. The van der Waals surface area contributed by atoms with Gasteiger partial charge in [0.2, 0.25) is 17.8 Å². The van der Waals surface area contributed by atoms with Crippen molar-refractivity contribution in [2.45, 2.75) is 39.5 Å². The van der Waals surface area contributed by atoms with E-state index in [1.807, 2.05) is 11.3 Å². The number of para-hydroxylation sites is 1. The summed E-state index contributed by atoms with van der Waals surface area (Å²) in [5.74, 6) is 0.0276. The lowest BCUT2D eigenvalue weighted by Gasteiger charge is -2.32. The summed E-state index contributed by atoms with van der Waals surface area (Å²) >= 11 is 1.66. The smallest absolute Gasteiger partial charge is 0.241 e. The molecular formula is C22H26FN5O2S. The SMILES string of the molecule is CC(=O)NCC(=O)N1CCCC(c2nc(Nc3ccccc3F)n3c(C)c(C)sc23)C1. The van der Waals surface area contributed by atoms with Gasteiger partial charge in [0.1, 0.15) is 10.6 Å². The third-order valence-electron chi connectivity index (χ3n) is 5.72. The number of halogens is 1. The summed E-state index contributed by atoms with van der Waals surface area (Å²) in [7, 11) is 0. The predicted octanol–water partition coefficient (Wildman–Crippen LogP) is 3.74. The van der Waals surface area contributed by atoms with Crippen molar-refractivity contribution in [2.75, 3.05) is 25.0 Å². The summed E-state index contributed by atoms with van der Waals surface area (Å²) in [6.07, 6.45) is 1.79. The van der Waals surface area contributed by atoms with Crippen molar-refractivity contribution < 1.29 is 14.0 Å². The van der Waals surface area contributed by atoms with Crippen LogP contribution >= 0.6 is 11.3 Å². The highest BCUT2D eigenvalue weighted by molar-refractivity contribution is 7.17. The van der Waals surface area contributed by atoms with Crippen LogP contribution < -0.4 is 10.6 Å². The van der Waals surface area contributed by atoms with Crippen molar-refractivity contribution >= 4 is 39.6 Å². The molecule has 9 heteroatoms. The van der Waals surface area contributed by atoms with Crippen LogP contribution in [0.5, 0.6) is 0 Å². The van der Waals surface area contributed by atoms with Gasteiger partial charge in [-0.15, -0.1) is 11.3 Å². The average Bonchev–Trinajstić information content (AvgIpc) is 3.25. The predicted molar refractivity (Wildman–Crippen MR) is 119 cm³/mol. The number of nitrogens with zero attached hydrogens (tertiary/aromatic N) is 3. The molecule has 0 spiro atoms. The first-order valence-corrected chi connectivity index (χ1v) is 11.2. The summed E-state index contributed by atoms with van der Waals surface area (Å²) < 4.78 is 16.3. The number of amides is 2. The summed E-state index contributed by atoms with van der Waals surface area (Å²) in [6, 6.07) is 6.54. The van der Waals surface area contributed by atoms with Crippen molar-refractivity contribution in [1.29, 1.82) is 0 Å². The first-order chi connectivity index (χ1) is 14.8. The van der Waals surface area contributed by atoms with Gasteiger partial charge < -0.3 is 15.5 Å². The molecule has 0 bridgehead atoms. The third kappa shape index (κ3) is 4.27. The Hall–Kier alpha value is -2.94. The Morgan fingerprint density at radius 3 is 2.81 bits per heavy atom. The number of nitrogens with one attached hydrogen (secondary N) is 2. The zero-order valence-corrected chi connectivity index (χ0v) is 18.7. The number of anilines is 2. The van der Waals surface area contributed by atoms with Crippen molar-refractivity contribution in [3.05, 3.63) is 46.3 Å². The zero-order chi connectivity index (χ0) is 22.1. The Bertz CT molecular complexity index is 1140. The normalized spacial score (nSPS) is 16.5. The molecule has 1 atom stereocenters. The summed E-state index contributed by atoms with van der Waals surface area (Å²) in [4.78, 5) is 32.5. The van der Waals surface area contributed by atoms with Gasteiger partial charge in [-0.05, 0) is 38.8 Å². The van der Waals surface area contributed by atoms with E-state index < -0.39 is 0 Å². The fraction of sp³-hybridized carbons (Fsp3) is 0.409. The van der Waals surface area contributed by atoms with Crippen molar-refractivity contribution in [3.63, 3.8) is 0 Å². The number of fused-ring (bicyclic) bond motifs is 1. The molecule has 1 saturated heterocycles. The van der Waals surface area contributed by atoms with Gasteiger partial charge in [-0.3, -0.25) is 14.0 Å². The number of hydrogen-bond donors (Lipinski definition) is 2. The quantitative estimate of drug-likeness (QED) is 0.630. The molecule has 0 saturated carbocycles. The Kier molecular flexibility index (Phi) is 5.95. The van der Waals surface area contributed by atoms with Crippen LogP contribution in [0, 0.1) is 19.7 Å². The molecule has 3 heterocycles. The highest BCUT2D eigenvalue weighted by Gasteiger charge is 2.30. The molecule has 1 fully saturated rings. The third-order valence-corrected chi connectivity index (χ3v) is 6.91. The highest BCUT2D eigenvalue weighted by atomic mass is 32.1. The minimum absolute atomic E-state index is 0.0119. The second-order valence-corrected chi connectivity index (χ2v) is 9.10. The van der Waals surface area contributed by atoms with Gasteiger partial charge in [0.15, 0.2) is 0 Å². The molecule has 4 rings (SSSR count). The van der Waals surface area contributed by atoms with Crippen molar-refractivity contribution in [1.82, 2.24) is 19.6 Å². The van der Waals surface area contributed by atoms with Gasteiger partial charge in [-0.1, -0.05) is 12.1 Å².